The molecule has 0 amide bonds. The van der Waals surface area contributed by atoms with Crippen LogP contribution >= 0.6 is 0 Å². The van der Waals surface area contributed by atoms with Crippen LogP contribution in [0.2, 0.25) is 0 Å². The number of fused-ring (bicyclic) bond motifs is 2. The maximum absolute atomic E-state index is 6.07. The molecule has 0 bridgehead atoms. The van der Waals surface area contributed by atoms with Crippen LogP contribution in [0.4, 0.5) is 5.95 Å². The third-order valence-electron chi connectivity index (χ3n) is 5.04. The Morgan fingerprint density at radius 3 is 2.81 bits per heavy atom. The van der Waals surface area contributed by atoms with Gasteiger partial charge in [-0.2, -0.15) is 0 Å². The first-order valence-corrected chi connectivity index (χ1v) is 8.68. The van der Waals surface area contributed by atoms with Crippen LogP contribution in [-0.4, -0.2) is 40.5 Å². The van der Waals surface area contributed by atoms with Crippen LogP contribution < -0.4 is 11.1 Å². The Bertz CT molecular complexity index is 1110. The van der Waals surface area contributed by atoms with Gasteiger partial charge in [0.1, 0.15) is 0 Å². The molecule has 5 rings (SSSR count). The summed E-state index contributed by atoms with van der Waals surface area (Å²) in [6.07, 6.45) is 11.3. The average molecular weight is 348 g/mol. The zero-order valence-electron chi connectivity index (χ0n) is 14.7. The summed E-state index contributed by atoms with van der Waals surface area (Å²) in [4.78, 5) is 13.2. The maximum atomic E-state index is 6.07. The van der Waals surface area contributed by atoms with Crippen LogP contribution in [0, 0.1) is 6.92 Å². The molecule has 1 aliphatic carbocycles. The number of rotatable bonds is 3. The van der Waals surface area contributed by atoms with E-state index in [0.29, 0.717) is 17.8 Å². The number of anilines is 1. The highest BCUT2D eigenvalue weighted by atomic mass is 15.3. The van der Waals surface area contributed by atoms with Crippen LogP contribution in [-0.2, 0) is 0 Å². The van der Waals surface area contributed by atoms with Gasteiger partial charge in [0.2, 0.25) is 11.7 Å². The standard InChI is InChI=1S/C18H20N8/c1-11-7-21-17-22-8-12(10-25(11)17)14-3-4-26-15(14)9-20-16(24-26)23-13-5-18(2,19)6-13/h3-4,7-10,13H,5-6,19H2,1-2H3,(H,23,24). The number of nitrogens with zero attached hydrogens (tertiary/aromatic N) is 6. The molecule has 3 N–H and O–H groups in total. The zero-order chi connectivity index (χ0) is 17.9. The summed E-state index contributed by atoms with van der Waals surface area (Å²) in [5.74, 6) is 1.32. The average Bonchev–Trinajstić information content (AvgIpc) is 3.16. The van der Waals surface area contributed by atoms with E-state index < -0.39 is 0 Å². The number of imidazole rings is 1. The topological polar surface area (TPSA) is 98.4 Å². The third-order valence-corrected chi connectivity index (χ3v) is 5.04. The quantitative estimate of drug-likeness (QED) is 0.588. The minimum absolute atomic E-state index is 0.0700. The third kappa shape index (κ3) is 2.41. The number of nitrogens with one attached hydrogen (secondary N) is 1. The summed E-state index contributed by atoms with van der Waals surface area (Å²) < 4.78 is 3.83. The van der Waals surface area contributed by atoms with Gasteiger partial charge in [-0.25, -0.2) is 19.5 Å². The molecule has 0 atom stereocenters. The predicted octanol–water partition coefficient (Wildman–Crippen LogP) is 2.04. The first-order valence-electron chi connectivity index (χ1n) is 8.68. The minimum Gasteiger partial charge on any atom is -0.350 e. The monoisotopic (exact) mass is 348 g/mol. The number of nitrogens with two attached hydrogens (primary N) is 1. The molecule has 1 aliphatic rings. The Balaban J connectivity index is 1.48. The van der Waals surface area contributed by atoms with Gasteiger partial charge in [-0.15, -0.1) is 5.10 Å². The summed E-state index contributed by atoms with van der Waals surface area (Å²) in [5.41, 5.74) is 10.0. The number of hydrogen-bond acceptors (Lipinski definition) is 6. The minimum atomic E-state index is -0.0700. The molecular formula is C18H20N8. The van der Waals surface area contributed by atoms with Crippen molar-refractivity contribution in [1.29, 1.82) is 0 Å². The molecule has 4 heterocycles. The Hall–Kier alpha value is -3.00. The molecule has 0 unspecified atom stereocenters. The van der Waals surface area contributed by atoms with Gasteiger partial charge < -0.3 is 11.1 Å². The Morgan fingerprint density at radius 2 is 2.00 bits per heavy atom. The second-order valence-electron chi connectivity index (χ2n) is 7.46. The lowest BCUT2D eigenvalue weighted by Crippen LogP contribution is -2.54. The summed E-state index contributed by atoms with van der Waals surface area (Å²) in [7, 11) is 0. The smallest absolute Gasteiger partial charge is 0.241 e. The van der Waals surface area contributed by atoms with E-state index in [2.05, 4.69) is 32.3 Å². The molecule has 26 heavy (non-hydrogen) atoms. The first kappa shape index (κ1) is 15.3. The lowest BCUT2D eigenvalue weighted by Gasteiger charge is -2.42. The molecule has 8 nitrogen and oxygen atoms in total. The molecule has 0 aromatic carbocycles. The second kappa shape index (κ2) is 5.25. The van der Waals surface area contributed by atoms with Crippen molar-refractivity contribution in [1.82, 2.24) is 29.0 Å². The molecule has 132 valence electrons. The summed E-state index contributed by atoms with van der Waals surface area (Å²) >= 11 is 0. The van der Waals surface area contributed by atoms with E-state index in [9.17, 15) is 0 Å². The van der Waals surface area contributed by atoms with Crippen molar-refractivity contribution in [3.05, 3.63) is 42.7 Å². The van der Waals surface area contributed by atoms with Crippen LogP contribution in [0.15, 0.2) is 37.1 Å². The largest absolute Gasteiger partial charge is 0.350 e. The Morgan fingerprint density at radius 1 is 1.19 bits per heavy atom. The number of aryl methyl sites for hydroxylation is 1. The van der Waals surface area contributed by atoms with Crippen molar-refractivity contribution in [2.75, 3.05) is 5.32 Å². The van der Waals surface area contributed by atoms with E-state index in [-0.39, 0.29) is 5.54 Å². The lowest BCUT2D eigenvalue weighted by molar-refractivity contribution is 0.247. The highest BCUT2D eigenvalue weighted by Crippen LogP contribution is 2.31. The van der Waals surface area contributed by atoms with Gasteiger partial charge in [-0.1, -0.05) is 0 Å². The normalized spacial score (nSPS) is 22.7. The molecule has 0 saturated heterocycles. The van der Waals surface area contributed by atoms with Crippen molar-refractivity contribution in [2.45, 2.75) is 38.3 Å². The maximum Gasteiger partial charge on any atom is 0.241 e. The molecule has 1 saturated carbocycles. The number of hydrogen-bond donors (Lipinski definition) is 2. The van der Waals surface area contributed by atoms with E-state index in [1.54, 1.807) is 0 Å². The van der Waals surface area contributed by atoms with Gasteiger partial charge in [-0.05, 0) is 32.8 Å². The zero-order valence-corrected chi connectivity index (χ0v) is 14.7. The first-order chi connectivity index (χ1) is 12.5. The fraction of sp³-hybridized carbons (Fsp3) is 0.333. The summed E-state index contributed by atoms with van der Waals surface area (Å²) in [6, 6.07) is 2.37. The van der Waals surface area contributed by atoms with Crippen molar-refractivity contribution in [2.24, 2.45) is 5.73 Å². The number of aromatic nitrogens is 6. The molecule has 4 aromatic rings. The second-order valence-corrected chi connectivity index (χ2v) is 7.46. The fourth-order valence-electron chi connectivity index (χ4n) is 3.69. The molecule has 4 aromatic heterocycles. The van der Waals surface area contributed by atoms with Gasteiger partial charge in [0, 0.05) is 47.0 Å². The fourth-order valence-corrected chi connectivity index (χ4v) is 3.69. The SMILES string of the molecule is Cc1cnc2ncc(-c3ccn4nc(NC5CC(C)(N)C5)ncc34)cn12. The lowest BCUT2D eigenvalue weighted by atomic mass is 9.75. The van der Waals surface area contributed by atoms with Gasteiger partial charge in [-0.3, -0.25) is 4.40 Å². The highest BCUT2D eigenvalue weighted by Gasteiger charge is 2.37. The van der Waals surface area contributed by atoms with Crippen LogP contribution in [0.5, 0.6) is 0 Å². The molecule has 1 fully saturated rings. The van der Waals surface area contributed by atoms with E-state index in [1.807, 2.05) is 52.9 Å². The summed E-state index contributed by atoms with van der Waals surface area (Å²) in [5, 5.41) is 7.93. The van der Waals surface area contributed by atoms with E-state index in [1.165, 1.54) is 0 Å². The molecule has 0 aliphatic heterocycles. The molecule has 0 radical (unpaired) electrons. The van der Waals surface area contributed by atoms with Crippen LogP contribution in [0.1, 0.15) is 25.5 Å². The van der Waals surface area contributed by atoms with E-state index in [4.69, 9.17) is 5.73 Å². The summed E-state index contributed by atoms with van der Waals surface area (Å²) in [6.45, 7) is 4.08. The Labute approximate surface area is 150 Å². The highest BCUT2D eigenvalue weighted by molar-refractivity contribution is 5.79. The van der Waals surface area contributed by atoms with Crippen molar-refractivity contribution >= 4 is 17.2 Å². The van der Waals surface area contributed by atoms with Crippen LogP contribution in [0.3, 0.4) is 0 Å². The van der Waals surface area contributed by atoms with Crippen molar-refractivity contribution < 1.29 is 0 Å². The van der Waals surface area contributed by atoms with Crippen molar-refractivity contribution in [3.8, 4) is 11.1 Å². The van der Waals surface area contributed by atoms with Crippen molar-refractivity contribution in [3.63, 3.8) is 0 Å². The predicted molar refractivity (Wildman–Crippen MR) is 98.9 cm³/mol. The van der Waals surface area contributed by atoms with Gasteiger partial charge >= 0.3 is 0 Å². The Kier molecular flexibility index (Phi) is 3.08. The van der Waals surface area contributed by atoms with Gasteiger partial charge in [0.25, 0.3) is 0 Å². The molecular weight excluding hydrogens is 328 g/mol. The van der Waals surface area contributed by atoms with Crippen LogP contribution in [0.25, 0.3) is 22.4 Å². The van der Waals surface area contributed by atoms with Gasteiger partial charge in [0.15, 0.2) is 0 Å². The molecule has 0 spiro atoms. The van der Waals surface area contributed by atoms with Gasteiger partial charge in [0.05, 0.1) is 17.9 Å². The van der Waals surface area contributed by atoms with E-state index in [0.717, 1.165) is 35.2 Å². The molecule has 8 heteroatoms. The van der Waals surface area contributed by atoms with E-state index >= 15 is 0 Å².